The maximum absolute atomic E-state index is 12.0. The first-order chi connectivity index (χ1) is 11.0. The van der Waals surface area contributed by atoms with E-state index in [0.29, 0.717) is 38.6 Å². The summed E-state index contributed by atoms with van der Waals surface area (Å²) in [6, 6.07) is 0. The van der Waals surface area contributed by atoms with Gasteiger partial charge >= 0.3 is 12.3 Å². The molecule has 1 aliphatic heterocycles. The van der Waals surface area contributed by atoms with E-state index in [1.807, 2.05) is 25.7 Å². The number of unbranched alkanes of at least 4 members (excludes halogenated alkanes) is 1. The van der Waals surface area contributed by atoms with E-state index in [-0.39, 0.29) is 43.0 Å². The molecule has 0 radical (unpaired) electrons. The summed E-state index contributed by atoms with van der Waals surface area (Å²) in [6.07, 6.45) is -4.88. The van der Waals surface area contributed by atoms with Gasteiger partial charge in [-0.15, -0.1) is 24.0 Å². The number of carbonyl (C=O) groups is 1. The van der Waals surface area contributed by atoms with Crippen LogP contribution in [0.5, 0.6) is 0 Å². The van der Waals surface area contributed by atoms with Crippen molar-refractivity contribution in [3.05, 3.63) is 0 Å². The summed E-state index contributed by atoms with van der Waals surface area (Å²) in [4.78, 5) is 19.5. The maximum atomic E-state index is 12.0. The molecule has 2 N–H and O–H groups in total. The molecule has 25 heavy (non-hydrogen) atoms. The molecule has 1 saturated heterocycles. The van der Waals surface area contributed by atoms with Crippen LogP contribution in [-0.2, 0) is 4.74 Å². The van der Waals surface area contributed by atoms with Crippen LogP contribution in [0.1, 0.15) is 40.0 Å². The number of nitrogens with two attached hydrogens (primary N) is 1. The van der Waals surface area contributed by atoms with E-state index in [1.54, 1.807) is 4.90 Å². The molecule has 148 valence electrons. The first-order valence-corrected chi connectivity index (χ1v) is 8.07. The minimum atomic E-state index is -4.12. The van der Waals surface area contributed by atoms with Crippen molar-refractivity contribution >= 4 is 36.0 Å². The predicted octanol–water partition coefficient (Wildman–Crippen LogP) is 3.20. The second-order valence-corrected chi connectivity index (χ2v) is 6.77. The van der Waals surface area contributed by atoms with Crippen LogP contribution < -0.4 is 5.73 Å². The van der Waals surface area contributed by atoms with Crippen molar-refractivity contribution < 1.29 is 22.7 Å². The van der Waals surface area contributed by atoms with Gasteiger partial charge in [-0.1, -0.05) is 0 Å². The second kappa shape index (κ2) is 10.3. The van der Waals surface area contributed by atoms with Gasteiger partial charge in [0.2, 0.25) is 0 Å². The first-order valence-electron chi connectivity index (χ1n) is 8.07. The Balaban J connectivity index is 0.00000576. The Hall–Kier alpha value is -0.940. The van der Waals surface area contributed by atoms with Gasteiger partial charge in [0, 0.05) is 39.1 Å². The highest BCUT2D eigenvalue weighted by Gasteiger charge is 2.27. The van der Waals surface area contributed by atoms with Crippen molar-refractivity contribution in [1.82, 2.24) is 9.80 Å². The van der Waals surface area contributed by atoms with Gasteiger partial charge in [-0.3, -0.25) is 4.99 Å². The highest BCUT2D eigenvalue weighted by atomic mass is 127. The first kappa shape index (κ1) is 24.1. The van der Waals surface area contributed by atoms with Crippen LogP contribution in [0.3, 0.4) is 0 Å². The van der Waals surface area contributed by atoms with E-state index in [9.17, 15) is 18.0 Å². The number of alkyl halides is 3. The third-order valence-electron chi connectivity index (χ3n) is 3.40. The fraction of sp³-hybridized carbons (Fsp3) is 0.867. The lowest BCUT2D eigenvalue weighted by Gasteiger charge is -2.36. The molecule has 0 aliphatic carbocycles. The van der Waals surface area contributed by atoms with Crippen molar-refractivity contribution in [2.24, 2.45) is 10.7 Å². The lowest BCUT2D eigenvalue weighted by atomic mass is 10.2. The van der Waals surface area contributed by atoms with Crippen molar-refractivity contribution in [3.8, 4) is 0 Å². The van der Waals surface area contributed by atoms with Gasteiger partial charge < -0.3 is 20.3 Å². The number of hydrogen-bond acceptors (Lipinski definition) is 3. The number of hydrogen-bond donors (Lipinski definition) is 1. The van der Waals surface area contributed by atoms with Crippen molar-refractivity contribution in [2.75, 3.05) is 32.7 Å². The molecule has 0 spiro atoms. The van der Waals surface area contributed by atoms with Gasteiger partial charge in [-0.2, -0.15) is 13.2 Å². The third-order valence-corrected chi connectivity index (χ3v) is 3.40. The summed E-state index contributed by atoms with van der Waals surface area (Å²) in [5, 5.41) is 0. The quantitative estimate of drug-likeness (QED) is 0.291. The fourth-order valence-electron chi connectivity index (χ4n) is 2.18. The average Bonchev–Trinajstić information content (AvgIpc) is 2.44. The Morgan fingerprint density at radius 2 is 1.60 bits per heavy atom. The minimum absolute atomic E-state index is 0. The number of ether oxygens (including phenoxy) is 1. The van der Waals surface area contributed by atoms with Gasteiger partial charge in [0.05, 0.1) is 0 Å². The van der Waals surface area contributed by atoms with Crippen molar-refractivity contribution in [2.45, 2.75) is 51.8 Å². The van der Waals surface area contributed by atoms with Crippen LogP contribution in [0.25, 0.3) is 0 Å². The molecule has 0 atom stereocenters. The summed E-state index contributed by atoms with van der Waals surface area (Å²) < 4.78 is 41.4. The topological polar surface area (TPSA) is 71.2 Å². The van der Waals surface area contributed by atoms with E-state index >= 15 is 0 Å². The lowest BCUT2D eigenvalue weighted by molar-refractivity contribution is -0.135. The zero-order valence-corrected chi connectivity index (χ0v) is 17.3. The molecule has 0 aromatic rings. The van der Waals surface area contributed by atoms with Crippen molar-refractivity contribution in [1.29, 1.82) is 0 Å². The summed E-state index contributed by atoms with van der Waals surface area (Å²) in [5.41, 5.74) is 5.32. The van der Waals surface area contributed by atoms with E-state index in [1.165, 1.54) is 0 Å². The molecular weight excluding hydrogens is 452 g/mol. The lowest BCUT2D eigenvalue weighted by Crippen LogP contribution is -2.53. The number of halogens is 4. The van der Waals surface area contributed by atoms with Gasteiger partial charge in [-0.25, -0.2) is 4.79 Å². The molecule has 10 heteroatoms. The van der Waals surface area contributed by atoms with Crippen LogP contribution in [0.4, 0.5) is 18.0 Å². The molecule has 1 heterocycles. The summed E-state index contributed by atoms with van der Waals surface area (Å²) in [7, 11) is 0. The fourth-order valence-corrected chi connectivity index (χ4v) is 2.18. The average molecular weight is 480 g/mol. The minimum Gasteiger partial charge on any atom is -0.444 e. The number of aliphatic imine (C=N–C) groups is 1. The molecule has 1 aliphatic rings. The number of carbonyl (C=O) groups excluding carboxylic acids is 1. The zero-order chi connectivity index (χ0) is 18.4. The molecule has 0 saturated carbocycles. The monoisotopic (exact) mass is 480 g/mol. The normalized spacial score (nSPS) is 16.5. The number of guanidine groups is 1. The summed E-state index contributed by atoms with van der Waals surface area (Å²) in [6.45, 7) is 7.70. The van der Waals surface area contributed by atoms with Crippen LogP contribution in [0.15, 0.2) is 4.99 Å². The SMILES string of the molecule is CC(C)(C)OC(=O)N1CCN(C(N)=NCCCCC(F)(F)F)CC1.I. The smallest absolute Gasteiger partial charge is 0.410 e. The molecular formula is C15H28F3IN4O2. The van der Waals surface area contributed by atoms with Crippen LogP contribution >= 0.6 is 24.0 Å². The van der Waals surface area contributed by atoms with Crippen LogP contribution in [0.2, 0.25) is 0 Å². The highest BCUT2D eigenvalue weighted by Crippen LogP contribution is 2.22. The number of piperazine rings is 1. The van der Waals surface area contributed by atoms with E-state index in [2.05, 4.69) is 4.99 Å². The standard InChI is InChI=1S/C15H27F3N4O2.HI/c1-14(2,3)24-13(23)22-10-8-21(9-11-22)12(19)20-7-5-4-6-15(16,17)18;/h4-11H2,1-3H3,(H2,19,20);1H. The number of rotatable bonds is 4. The summed E-state index contributed by atoms with van der Waals surface area (Å²) >= 11 is 0. The van der Waals surface area contributed by atoms with E-state index < -0.39 is 18.2 Å². The second-order valence-electron chi connectivity index (χ2n) is 6.77. The maximum Gasteiger partial charge on any atom is 0.410 e. The molecule has 0 unspecified atom stereocenters. The van der Waals surface area contributed by atoms with Gasteiger partial charge in [0.15, 0.2) is 5.96 Å². The molecule has 0 aromatic carbocycles. The van der Waals surface area contributed by atoms with Gasteiger partial charge in [0.25, 0.3) is 0 Å². The Labute approximate surface area is 164 Å². The molecule has 6 nitrogen and oxygen atoms in total. The van der Waals surface area contributed by atoms with Crippen molar-refractivity contribution in [3.63, 3.8) is 0 Å². The Bertz CT molecular complexity index is 445. The van der Waals surface area contributed by atoms with Gasteiger partial charge in [-0.05, 0) is 33.6 Å². The predicted molar refractivity (Wildman–Crippen MR) is 101 cm³/mol. The molecule has 0 bridgehead atoms. The molecule has 1 rings (SSSR count). The summed E-state index contributed by atoms with van der Waals surface area (Å²) in [5.74, 6) is 0.311. The Kier molecular flexibility index (Phi) is 9.88. The van der Waals surface area contributed by atoms with Crippen LogP contribution in [-0.4, -0.2) is 66.4 Å². The largest absolute Gasteiger partial charge is 0.444 e. The third kappa shape index (κ3) is 10.6. The number of nitrogens with zero attached hydrogens (tertiary/aromatic N) is 3. The highest BCUT2D eigenvalue weighted by molar-refractivity contribution is 14.0. The molecule has 1 amide bonds. The Morgan fingerprint density at radius 3 is 2.08 bits per heavy atom. The van der Waals surface area contributed by atoms with E-state index in [0.717, 1.165) is 0 Å². The number of amides is 1. The van der Waals surface area contributed by atoms with E-state index in [4.69, 9.17) is 10.5 Å². The van der Waals surface area contributed by atoms with Crippen LogP contribution in [0, 0.1) is 0 Å². The molecule has 1 fully saturated rings. The zero-order valence-electron chi connectivity index (χ0n) is 14.9. The molecule has 0 aromatic heterocycles. The van der Waals surface area contributed by atoms with Gasteiger partial charge in [0.1, 0.15) is 5.60 Å². The Morgan fingerprint density at radius 1 is 1.08 bits per heavy atom.